The van der Waals surface area contributed by atoms with Crippen LogP contribution in [0.1, 0.15) is 38.0 Å². The van der Waals surface area contributed by atoms with E-state index in [0.29, 0.717) is 5.33 Å². The Hall–Kier alpha value is -0.340. The van der Waals surface area contributed by atoms with Crippen LogP contribution in [0.5, 0.6) is 0 Å². The minimum atomic E-state index is -0.399. The van der Waals surface area contributed by atoms with Gasteiger partial charge in [0.1, 0.15) is 0 Å². The van der Waals surface area contributed by atoms with Crippen molar-refractivity contribution in [3.8, 4) is 0 Å². The fourth-order valence-electron chi connectivity index (χ4n) is 1.29. The van der Waals surface area contributed by atoms with Crippen LogP contribution in [0.4, 0.5) is 0 Å². The van der Waals surface area contributed by atoms with Crippen molar-refractivity contribution in [3.63, 3.8) is 0 Å². The first-order chi connectivity index (χ1) is 6.45. The van der Waals surface area contributed by atoms with Crippen LogP contribution in [0.2, 0.25) is 0 Å². The van der Waals surface area contributed by atoms with Gasteiger partial charge in [-0.1, -0.05) is 61.0 Å². The van der Waals surface area contributed by atoms with E-state index in [2.05, 4.69) is 48.8 Å². The molecular weight excluding hydrogens is 240 g/mol. The van der Waals surface area contributed by atoms with Crippen LogP contribution >= 0.6 is 15.9 Å². The molecular formula is C12H17BrO. The number of alkyl halides is 1. The summed E-state index contributed by atoms with van der Waals surface area (Å²) in [5.74, 6) is 0. The number of aliphatic hydroxyl groups excluding tert-OH is 1. The molecule has 0 fully saturated rings. The number of aliphatic hydroxyl groups is 1. The lowest BCUT2D eigenvalue weighted by atomic mass is 9.86. The minimum Gasteiger partial charge on any atom is -0.388 e. The number of hydrogen-bond donors (Lipinski definition) is 1. The van der Waals surface area contributed by atoms with Gasteiger partial charge >= 0.3 is 0 Å². The van der Waals surface area contributed by atoms with E-state index in [1.165, 1.54) is 5.56 Å². The number of halogens is 1. The van der Waals surface area contributed by atoms with Gasteiger partial charge in [-0.15, -0.1) is 0 Å². The third-order valence-corrected chi connectivity index (χ3v) is 2.92. The maximum Gasteiger partial charge on any atom is 0.0886 e. The summed E-state index contributed by atoms with van der Waals surface area (Å²) in [6.07, 6.45) is -0.399. The molecule has 1 aromatic carbocycles. The highest BCUT2D eigenvalue weighted by Gasteiger charge is 2.13. The van der Waals surface area contributed by atoms with E-state index in [1.807, 2.05) is 12.1 Å². The average molecular weight is 257 g/mol. The number of hydrogen-bond acceptors (Lipinski definition) is 1. The molecule has 2 heteroatoms. The molecule has 1 atom stereocenters. The van der Waals surface area contributed by atoms with Gasteiger partial charge in [-0.2, -0.15) is 0 Å². The first-order valence-electron chi connectivity index (χ1n) is 4.79. The van der Waals surface area contributed by atoms with Crippen molar-refractivity contribution in [2.24, 2.45) is 0 Å². The summed E-state index contributed by atoms with van der Waals surface area (Å²) in [6.45, 7) is 6.55. The molecule has 0 radical (unpaired) electrons. The summed E-state index contributed by atoms with van der Waals surface area (Å²) in [6, 6.07) is 8.15. The van der Waals surface area contributed by atoms with Crippen molar-refractivity contribution in [1.29, 1.82) is 0 Å². The molecule has 0 aliphatic carbocycles. The van der Waals surface area contributed by atoms with Gasteiger partial charge in [0, 0.05) is 5.33 Å². The number of rotatable bonds is 2. The maximum atomic E-state index is 9.58. The summed E-state index contributed by atoms with van der Waals surface area (Å²) in [7, 11) is 0. The van der Waals surface area contributed by atoms with E-state index >= 15 is 0 Å². The molecule has 0 aliphatic heterocycles. The van der Waals surface area contributed by atoms with E-state index in [9.17, 15) is 5.11 Å². The van der Waals surface area contributed by atoms with Gasteiger partial charge in [-0.25, -0.2) is 0 Å². The lowest BCUT2D eigenvalue weighted by Crippen LogP contribution is -2.11. The SMILES string of the molecule is CC(C)(C)c1ccc(C(O)CBr)cc1. The monoisotopic (exact) mass is 256 g/mol. The van der Waals surface area contributed by atoms with Gasteiger partial charge in [0.15, 0.2) is 0 Å². The first kappa shape index (κ1) is 11.7. The van der Waals surface area contributed by atoms with Crippen LogP contribution in [0, 0.1) is 0 Å². The average Bonchev–Trinajstić information content (AvgIpc) is 2.15. The second kappa shape index (κ2) is 4.45. The van der Waals surface area contributed by atoms with Crippen molar-refractivity contribution >= 4 is 15.9 Å². The topological polar surface area (TPSA) is 20.2 Å². The molecule has 0 spiro atoms. The molecule has 1 N–H and O–H groups in total. The van der Waals surface area contributed by atoms with E-state index in [1.54, 1.807) is 0 Å². The molecule has 1 nitrogen and oxygen atoms in total. The molecule has 1 rings (SSSR count). The Kier molecular flexibility index (Phi) is 3.73. The first-order valence-corrected chi connectivity index (χ1v) is 5.92. The molecule has 0 saturated heterocycles. The van der Waals surface area contributed by atoms with Crippen molar-refractivity contribution in [3.05, 3.63) is 35.4 Å². The Morgan fingerprint density at radius 3 is 2.07 bits per heavy atom. The number of benzene rings is 1. The summed E-state index contributed by atoms with van der Waals surface area (Å²) >= 11 is 3.26. The molecule has 0 bridgehead atoms. The fourth-order valence-corrected chi connectivity index (χ4v) is 1.67. The Morgan fingerprint density at radius 1 is 1.21 bits per heavy atom. The maximum absolute atomic E-state index is 9.58. The Balaban J connectivity index is 2.89. The highest BCUT2D eigenvalue weighted by molar-refractivity contribution is 9.09. The van der Waals surface area contributed by atoms with Crippen LogP contribution in [0.3, 0.4) is 0 Å². The minimum absolute atomic E-state index is 0.178. The summed E-state index contributed by atoms with van der Waals surface area (Å²) in [4.78, 5) is 0. The quantitative estimate of drug-likeness (QED) is 0.805. The van der Waals surface area contributed by atoms with Crippen molar-refractivity contribution in [1.82, 2.24) is 0 Å². The molecule has 0 aromatic heterocycles. The fraction of sp³-hybridized carbons (Fsp3) is 0.500. The van der Waals surface area contributed by atoms with Gasteiger partial charge in [0.25, 0.3) is 0 Å². The van der Waals surface area contributed by atoms with E-state index in [0.717, 1.165) is 5.56 Å². The molecule has 0 aliphatic rings. The molecule has 1 aromatic rings. The highest BCUT2D eigenvalue weighted by Crippen LogP contribution is 2.24. The van der Waals surface area contributed by atoms with Gasteiger partial charge in [0.05, 0.1) is 6.10 Å². The van der Waals surface area contributed by atoms with Crippen molar-refractivity contribution in [2.45, 2.75) is 32.3 Å². The van der Waals surface area contributed by atoms with Crippen LogP contribution in [0.15, 0.2) is 24.3 Å². The van der Waals surface area contributed by atoms with Gasteiger partial charge in [-0.3, -0.25) is 0 Å². The summed E-state index contributed by atoms with van der Waals surface area (Å²) < 4.78 is 0. The molecule has 1 unspecified atom stereocenters. The van der Waals surface area contributed by atoms with E-state index < -0.39 is 6.10 Å². The zero-order valence-corrected chi connectivity index (χ0v) is 10.5. The zero-order chi connectivity index (χ0) is 10.8. The predicted octanol–water partition coefficient (Wildman–Crippen LogP) is 3.41. The lowest BCUT2D eigenvalue weighted by Gasteiger charge is -2.19. The predicted molar refractivity (Wildman–Crippen MR) is 63.9 cm³/mol. The normalized spacial score (nSPS) is 14.1. The van der Waals surface area contributed by atoms with E-state index in [4.69, 9.17) is 0 Å². The van der Waals surface area contributed by atoms with Gasteiger partial charge in [0.2, 0.25) is 0 Å². The molecule has 14 heavy (non-hydrogen) atoms. The Labute approximate surface area is 94.3 Å². The van der Waals surface area contributed by atoms with Gasteiger partial charge in [-0.05, 0) is 16.5 Å². The summed E-state index contributed by atoms with van der Waals surface area (Å²) in [5, 5.41) is 10.2. The third-order valence-electron chi connectivity index (χ3n) is 2.31. The standard InChI is InChI=1S/C12H17BrO/c1-12(2,3)10-6-4-9(5-7-10)11(14)8-13/h4-7,11,14H,8H2,1-3H3. The molecule has 78 valence electrons. The molecule has 0 saturated carbocycles. The Morgan fingerprint density at radius 2 is 1.71 bits per heavy atom. The van der Waals surface area contributed by atoms with Crippen LogP contribution in [0.25, 0.3) is 0 Å². The second-order valence-corrected chi connectivity index (χ2v) is 5.19. The largest absolute Gasteiger partial charge is 0.388 e. The highest BCUT2D eigenvalue weighted by atomic mass is 79.9. The smallest absolute Gasteiger partial charge is 0.0886 e. The Bertz CT molecular complexity index is 284. The van der Waals surface area contributed by atoms with Gasteiger partial charge < -0.3 is 5.11 Å². The lowest BCUT2D eigenvalue weighted by molar-refractivity contribution is 0.205. The van der Waals surface area contributed by atoms with Crippen molar-refractivity contribution < 1.29 is 5.11 Å². The van der Waals surface area contributed by atoms with Crippen LogP contribution < -0.4 is 0 Å². The molecule has 0 heterocycles. The third kappa shape index (κ3) is 2.82. The molecule has 0 amide bonds. The van der Waals surface area contributed by atoms with Crippen LogP contribution in [-0.2, 0) is 5.41 Å². The van der Waals surface area contributed by atoms with Crippen molar-refractivity contribution in [2.75, 3.05) is 5.33 Å². The summed E-state index contributed by atoms with van der Waals surface area (Å²) in [5.41, 5.74) is 2.44. The van der Waals surface area contributed by atoms with Crippen LogP contribution in [-0.4, -0.2) is 10.4 Å². The van der Waals surface area contributed by atoms with E-state index in [-0.39, 0.29) is 5.41 Å². The second-order valence-electron chi connectivity index (χ2n) is 4.54. The zero-order valence-electron chi connectivity index (χ0n) is 8.92.